The monoisotopic (exact) mass is 1100 g/mol. The van der Waals surface area contributed by atoms with E-state index in [2.05, 4.69) is 46.1 Å². The molecule has 4 heterocycles. The smallest absolute Gasteiger partial charge is 0.289 e. The first-order valence-electron chi connectivity index (χ1n) is 27.1. The van der Waals surface area contributed by atoms with Crippen molar-refractivity contribution in [2.75, 3.05) is 65.4 Å². The summed E-state index contributed by atoms with van der Waals surface area (Å²) in [5.74, 6) is -2.04. The molecule has 0 radical (unpaired) electrons. The van der Waals surface area contributed by atoms with Crippen LogP contribution in [-0.2, 0) is 27.5 Å². The minimum absolute atomic E-state index is 0.0354. The molecule has 2 aliphatic heterocycles. The van der Waals surface area contributed by atoms with Crippen LogP contribution in [0.1, 0.15) is 110 Å². The van der Waals surface area contributed by atoms with Gasteiger partial charge >= 0.3 is 0 Å². The number of phenolic OH excluding ortho intramolecular Hbond substituents is 4. The van der Waals surface area contributed by atoms with Crippen molar-refractivity contribution in [3.05, 3.63) is 107 Å². The number of nitrogens with one attached hydrogen (secondary N) is 3. The minimum Gasteiger partial charge on any atom is -0.508 e. The van der Waals surface area contributed by atoms with Gasteiger partial charge in [-0.15, -0.1) is 20.4 Å². The van der Waals surface area contributed by atoms with Gasteiger partial charge in [-0.2, -0.15) is 0 Å². The molecule has 2 fully saturated rings. The SMILES string of the molecule is CCNC(=O)c1nnc(-c2cc(C(C)C)c(O)cc2O)n1-c1ccc(CN2CCN(C(=O)C[C@H](N)C(=O)N[C@H](C)C(=O)N3CCN(Cc4ccc(-n5c(C(=O)NCC)nnc5-c5cc(C(C)C)c(O)cc5O)cc4)CC3)CC2)cc1. The quantitative estimate of drug-likeness (QED) is 0.0569. The maximum atomic E-state index is 13.6. The lowest BCUT2D eigenvalue weighted by molar-refractivity contribution is -0.138. The molecular formula is C57H72N14O9. The highest BCUT2D eigenvalue weighted by Gasteiger charge is 2.31. The Balaban J connectivity index is 0.796. The molecule has 2 saturated heterocycles. The van der Waals surface area contributed by atoms with Crippen LogP contribution in [0.5, 0.6) is 23.0 Å². The van der Waals surface area contributed by atoms with Gasteiger partial charge in [0.15, 0.2) is 11.6 Å². The number of amides is 5. The number of phenols is 4. The average Bonchev–Trinajstić information content (AvgIpc) is 4.21. The minimum atomic E-state index is -1.15. The topological polar surface area (TPSA) is 303 Å². The van der Waals surface area contributed by atoms with Crippen molar-refractivity contribution >= 4 is 29.5 Å². The first-order valence-corrected chi connectivity index (χ1v) is 27.1. The van der Waals surface area contributed by atoms with E-state index in [9.17, 15) is 44.4 Å². The number of piperazine rings is 2. The predicted octanol–water partition coefficient (Wildman–Crippen LogP) is 3.96. The summed E-state index contributed by atoms with van der Waals surface area (Å²) in [6.07, 6.45) is -0.213. The summed E-state index contributed by atoms with van der Waals surface area (Å²) in [6.45, 7) is 18.9. The van der Waals surface area contributed by atoms with E-state index >= 15 is 0 Å². The fourth-order valence-electron chi connectivity index (χ4n) is 10.0. The Kier molecular flexibility index (Phi) is 18.2. The van der Waals surface area contributed by atoms with Crippen molar-refractivity contribution in [2.45, 2.75) is 91.9 Å². The summed E-state index contributed by atoms with van der Waals surface area (Å²) in [6, 6.07) is 19.0. The molecule has 0 saturated carbocycles. The van der Waals surface area contributed by atoms with E-state index in [0.717, 1.165) is 11.1 Å². The molecule has 424 valence electrons. The Hall–Kier alpha value is -8.41. The molecule has 8 rings (SSSR count). The number of hydrogen-bond donors (Lipinski definition) is 8. The first kappa shape index (κ1) is 57.8. The van der Waals surface area contributed by atoms with Crippen LogP contribution < -0.4 is 21.7 Å². The second-order valence-electron chi connectivity index (χ2n) is 20.9. The third kappa shape index (κ3) is 12.9. The summed E-state index contributed by atoms with van der Waals surface area (Å²) < 4.78 is 3.16. The number of nitrogens with two attached hydrogens (primary N) is 1. The summed E-state index contributed by atoms with van der Waals surface area (Å²) >= 11 is 0. The number of hydrogen-bond acceptors (Lipinski definition) is 16. The molecule has 2 aromatic heterocycles. The van der Waals surface area contributed by atoms with Crippen LogP contribution in [0.15, 0.2) is 72.8 Å². The Morgan fingerprint density at radius 2 is 0.950 bits per heavy atom. The van der Waals surface area contributed by atoms with Crippen molar-refractivity contribution in [3.63, 3.8) is 0 Å². The standard InChI is InChI=1S/C57H72N14O9/c1-8-59-55(78)52-64-62-50(42-26-40(33(3)4)45(72)29-47(42)74)70(52)38-14-10-36(11-15-38)31-66-18-22-68(23-19-66)49(76)28-44(58)54(77)61-35(7)57(80)69-24-20-67(21-25-69)32-37-12-16-39(17-13-37)71-51(63-65-53(71)56(79)60-9-2)43-27-41(34(5)6)46(73)30-48(43)75/h10-17,26-27,29-30,33-35,44,72-75H,8-9,18-25,28,31-32,58H2,1-7H3,(H,59,78)(H,60,79)(H,61,77)/t35-,44+/m1/s1. The van der Waals surface area contributed by atoms with Gasteiger partial charge in [-0.3, -0.25) is 42.9 Å². The largest absolute Gasteiger partial charge is 0.508 e. The average molecular weight is 1100 g/mol. The van der Waals surface area contributed by atoms with Crippen LogP contribution in [0.25, 0.3) is 34.2 Å². The normalized spacial score (nSPS) is 15.0. The molecule has 6 aromatic rings. The van der Waals surface area contributed by atoms with Crippen LogP contribution in [0.2, 0.25) is 0 Å². The third-order valence-corrected chi connectivity index (χ3v) is 14.5. The molecular weight excluding hydrogens is 1020 g/mol. The molecule has 0 aliphatic carbocycles. The van der Waals surface area contributed by atoms with Gasteiger partial charge in [-0.05, 0) is 91.3 Å². The molecule has 80 heavy (non-hydrogen) atoms. The number of nitrogens with zero attached hydrogens (tertiary/aromatic N) is 10. The zero-order valence-electron chi connectivity index (χ0n) is 46.3. The third-order valence-electron chi connectivity index (χ3n) is 14.5. The highest BCUT2D eigenvalue weighted by molar-refractivity contribution is 5.94. The number of benzene rings is 4. The van der Waals surface area contributed by atoms with Gasteiger partial charge in [0.1, 0.15) is 29.0 Å². The summed E-state index contributed by atoms with van der Waals surface area (Å²) in [7, 11) is 0. The first-order chi connectivity index (χ1) is 38.3. The Morgan fingerprint density at radius 3 is 1.34 bits per heavy atom. The molecule has 23 heteroatoms. The van der Waals surface area contributed by atoms with Gasteiger partial charge in [0.25, 0.3) is 11.8 Å². The molecule has 5 amide bonds. The van der Waals surface area contributed by atoms with Crippen molar-refractivity contribution in [2.24, 2.45) is 5.73 Å². The predicted molar refractivity (Wildman–Crippen MR) is 298 cm³/mol. The second kappa shape index (κ2) is 25.1. The number of rotatable bonds is 19. The zero-order chi connectivity index (χ0) is 57.5. The van der Waals surface area contributed by atoms with E-state index in [1.165, 1.54) is 12.1 Å². The number of aromatic nitrogens is 6. The molecule has 0 unspecified atom stereocenters. The van der Waals surface area contributed by atoms with Gasteiger partial charge in [-0.1, -0.05) is 52.0 Å². The highest BCUT2D eigenvalue weighted by Crippen LogP contribution is 2.40. The Bertz CT molecular complexity index is 3210. The van der Waals surface area contributed by atoms with Crippen molar-refractivity contribution in [3.8, 4) is 57.1 Å². The van der Waals surface area contributed by atoms with Crippen molar-refractivity contribution in [1.82, 2.24) is 65.1 Å². The maximum absolute atomic E-state index is 13.6. The van der Waals surface area contributed by atoms with Gasteiger partial charge in [0, 0.05) is 102 Å². The summed E-state index contributed by atoms with van der Waals surface area (Å²) in [5, 5.41) is 68.0. The summed E-state index contributed by atoms with van der Waals surface area (Å²) in [4.78, 5) is 74.3. The number of carbonyl (C=O) groups is 5. The van der Waals surface area contributed by atoms with E-state index in [-0.39, 0.29) is 76.4 Å². The number of aromatic hydroxyl groups is 4. The van der Waals surface area contributed by atoms with Gasteiger partial charge < -0.3 is 51.9 Å². The molecule has 23 nitrogen and oxygen atoms in total. The van der Waals surface area contributed by atoms with Crippen molar-refractivity contribution in [1.29, 1.82) is 0 Å². The molecule has 2 atom stereocenters. The van der Waals surface area contributed by atoms with Crippen LogP contribution in [-0.4, -0.2) is 177 Å². The van der Waals surface area contributed by atoms with E-state index in [0.29, 0.717) is 112 Å². The maximum Gasteiger partial charge on any atom is 0.289 e. The molecule has 0 bridgehead atoms. The van der Waals surface area contributed by atoms with Gasteiger partial charge in [0.05, 0.1) is 23.6 Å². The zero-order valence-corrected chi connectivity index (χ0v) is 46.3. The van der Waals surface area contributed by atoms with Crippen LogP contribution in [0, 0.1) is 0 Å². The van der Waals surface area contributed by atoms with Gasteiger partial charge in [0.2, 0.25) is 29.4 Å². The van der Waals surface area contributed by atoms with E-state index in [1.54, 1.807) is 51.8 Å². The lowest BCUT2D eigenvalue weighted by atomic mass is 9.98. The lowest BCUT2D eigenvalue weighted by Crippen LogP contribution is -2.56. The fourth-order valence-corrected chi connectivity index (χ4v) is 10.0. The Morgan fingerprint density at radius 1 is 0.550 bits per heavy atom. The van der Waals surface area contributed by atoms with Crippen LogP contribution in [0.4, 0.5) is 0 Å². The Labute approximate surface area is 464 Å². The van der Waals surface area contributed by atoms with Crippen molar-refractivity contribution < 1.29 is 44.4 Å². The van der Waals surface area contributed by atoms with E-state index in [1.807, 2.05) is 76.2 Å². The second-order valence-corrected chi connectivity index (χ2v) is 20.9. The van der Waals surface area contributed by atoms with E-state index < -0.39 is 29.8 Å². The molecule has 2 aliphatic rings. The van der Waals surface area contributed by atoms with E-state index in [4.69, 9.17) is 5.73 Å². The highest BCUT2D eigenvalue weighted by atomic mass is 16.3. The molecule has 9 N–H and O–H groups in total. The lowest BCUT2D eigenvalue weighted by Gasteiger charge is -2.36. The van der Waals surface area contributed by atoms with Crippen LogP contribution in [0.3, 0.4) is 0 Å². The van der Waals surface area contributed by atoms with Gasteiger partial charge in [-0.25, -0.2) is 0 Å². The molecule has 0 spiro atoms. The number of carbonyl (C=O) groups excluding carboxylic acids is 5. The fraction of sp³-hybridized carbons (Fsp3) is 0.421. The molecule has 4 aromatic carbocycles. The summed E-state index contributed by atoms with van der Waals surface area (Å²) in [5.41, 5.74) is 11.3. The van der Waals surface area contributed by atoms with Crippen LogP contribution >= 0.6 is 0 Å².